The Kier molecular flexibility index (Phi) is 2.94. The molecule has 0 saturated heterocycles. The number of rotatable bonds is 2. The number of oxime groups is 1. The van der Waals surface area contributed by atoms with Gasteiger partial charge < -0.3 is 10.6 Å². The molecule has 0 aliphatic heterocycles. The molecule has 0 heterocycles. The Labute approximate surface area is 75.8 Å². The van der Waals surface area contributed by atoms with Gasteiger partial charge in [0.25, 0.3) is 0 Å². The van der Waals surface area contributed by atoms with Crippen molar-refractivity contribution in [3.05, 3.63) is 28.8 Å². The molecule has 3 nitrogen and oxygen atoms in total. The molecular weight excluding hydrogens is 176 g/mol. The summed E-state index contributed by atoms with van der Waals surface area (Å²) in [7, 11) is 1.47. The van der Waals surface area contributed by atoms with Gasteiger partial charge in [0.2, 0.25) is 0 Å². The van der Waals surface area contributed by atoms with Crippen molar-refractivity contribution < 1.29 is 4.84 Å². The molecule has 1 rings (SSSR count). The maximum atomic E-state index is 5.77. The molecule has 1 aromatic carbocycles. The Morgan fingerprint density at radius 1 is 1.58 bits per heavy atom. The fraction of sp³-hybridized carbons (Fsp3) is 0.125. The molecule has 0 spiro atoms. The van der Waals surface area contributed by atoms with E-state index in [1.54, 1.807) is 12.1 Å². The van der Waals surface area contributed by atoms with E-state index < -0.39 is 0 Å². The van der Waals surface area contributed by atoms with E-state index in [4.69, 9.17) is 17.3 Å². The van der Waals surface area contributed by atoms with Gasteiger partial charge in [-0.3, -0.25) is 0 Å². The summed E-state index contributed by atoms with van der Waals surface area (Å²) in [6, 6.07) is 5.33. The van der Waals surface area contributed by atoms with Gasteiger partial charge >= 0.3 is 0 Å². The van der Waals surface area contributed by atoms with Crippen LogP contribution in [-0.4, -0.2) is 13.3 Å². The topological polar surface area (TPSA) is 47.6 Å². The van der Waals surface area contributed by atoms with E-state index in [2.05, 4.69) is 9.99 Å². The van der Waals surface area contributed by atoms with Crippen molar-refractivity contribution >= 4 is 23.5 Å². The average molecular weight is 185 g/mol. The summed E-state index contributed by atoms with van der Waals surface area (Å²) in [5.41, 5.74) is 6.91. The molecule has 0 fully saturated rings. The van der Waals surface area contributed by atoms with Crippen LogP contribution in [-0.2, 0) is 4.84 Å². The lowest BCUT2D eigenvalue weighted by Crippen LogP contribution is -1.93. The fourth-order valence-electron chi connectivity index (χ4n) is 0.776. The first-order chi connectivity index (χ1) is 5.75. The quantitative estimate of drug-likeness (QED) is 0.434. The monoisotopic (exact) mass is 184 g/mol. The molecule has 2 N–H and O–H groups in total. The van der Waals surface area contributed by atoms with Crippen molar-refractivity contribution in [1.29, 1.82) is 0 Å². The second-order valence-corrected chi connectivity index (χ2v) is 2.57. The molecule has 0 aromatic heterocycles. The highest BCUT2D eigenvalue weighted by atomic mass is 35.5. The van der Waals surface area contributed by atoms with Crippen molar-refractivity contribution in [2.75, 3.05) is 12.8 Å². The Balaban J connectivity index is 3.00. The third-order valence-corrected chi connectivity index (χ3v) is 1.71. The van der Waals surface area contributed by atoms with E-state index in [1.807, 2.05) is 6.07 Å². The van der Waals surface area contributed by atoms with Gasteiger partial charge in [-0.05, 0) is 6.07 Å². The molecule has 0 radical (unpaired) electrons. The van der Waals surface area contributed by atoms with Crippen LogP contribution in [0, 0.1) is 0 Å². The Morgan fingerprint density at radius 3 is 3.00 bits per heavy atom. The van der Waals surface area contributed by atoms with Crippen LogP contribution in [0.3, 0.4) is 0 Å². The van der Waals surface area contributed by atoms with Crippen LogP contribution >= 0.6 is 11.6 Å². The summed E-state index contributed by atoms with van der Waals surface area (Å²) < 4.78 is 0. The number of para-hydroxylation sites is 1. The summed E-state index contributed by atoms with van der Waals surface area (Å²) >= 11 is 5.77. The van der Waals surface area contributed by atoms with Gasteiger partial charge in [0, 0.05) is 5.56 Å². The van der Waals surface area contributed by atoms with Crippen molar-refractivity contribution in [3.8, 4) is 0 Å². The van der Waals surface area contributed by atoms with Crippen LogP contribution in [0.1, 0.15) is 5.56 Å². The zero-order valence-corrected chi connectivity index (χ0v) is 7.38. The minimum Gasteiger partial charge on any atom is -0.399 e. The zero-order chi connectivity index (χ0) is 8.97. The Bertz CT molecular complexity index is 299. The average Bonchev–Trinajstić information content (AvgIpc) is 2.08. The second-order valence-electron chi connectivity index (χ2n) is 2.16. The lowest BCUT2D eigenvalue weighted by atomic mass is 10.2. The molecule has 12 heavy (non-hydrogen) atoms. The molecule has 0 saturated carbocycles. The maximum absolute atomic E-state index is 5.77. The molecule has 0 bridgehead atoms. The summed E-state index contributed by atoms with van der Waals surface area (Å²) in [6.07, 6.45) is 1.52. The summed E-state index contributed by atoms with van der Waals surface area (Å²) in [5, 5.41) is 4.10. The fourth-order valence-corrected chi connectivity index (χ4v) is 0.958. The number of anilines is 1. The van der Waals surface area contributed by atoms with Crippen molar-refractivity contribution in [2.24, 2.45) is 5.16 Å². The number of halogens is 1. The highest BCUT2D eigenvalue weighted by Gasteiger charge is 1.99. The highest BCUT2D eigenvalue weighted by molar-refractivity contribution is 6.33. The smallest absolute Gasteiger partial charge is 0.106 e. The van der Waals surface area contributed by atoms with Crippen molar-refractivity contribution in [2.45, 2.75) is 0 Å². The van der Waals surface area contributed by atoms with E-state index in [0.29, 0.717) is 10.7 Å². The summed E-state index contributed by atoms with van der Waals surface area (Å²) in [5.74, 6) is 0. The largest absolute Gasteiger partial charge is 0.399 e. The van der Waals surface area contributed by atoms with E-state index in [9.17, 15) is 0 Å². The predicted octanol–water partition coefficient (Wildman–Crippen LogP) is 1.90. The van der Waals surface area contributed by atoms with Gasteiger partial charge in [-0.1, -0.05) is 28.9 Å². The minimum atomic E-state index is 0.514. The molecule has 0 aliphatic rings. The number of hydrogen-bond donors (Lipinski definition) is 1. The number of nitrogens with zero attached hydrogens (tertiary/aromatic N) is 1. The summed E-state index contributed by atoms with van der Waals surface area (Å²) in [4.78, 5) is 4.51. The van der Waals surface area contributed by atoms with Crippen LogP contribution in [0.25, 0.3) is 0 Å². The lowest BCUT2D eigenvalue weighted by Gasteiger charge is -2.00. The normalized spacial score (nSPS) is 10.5. The first-order valence-electron chi connectivity index (χ1n) is 3.36. The zero-order valence-electron chi connectivity index (χ0n) is 6.62. The SMILES string of the molecule is CON=Cc1cccc(Cl)c1N. The third kappa shape index (κ3) is 1.89. The standard InChI is InChI=1S/C8H9ClN2O/c1-12-11-5-6-3-2-4-7(9)8(6)10/h2-5H,10H2,1H3. The molecule has 0 aliphatic carbocycles. The molecular formula is C8H9ClN2O. The van der Waals surface area contributed by atoms with E-state index in [-0.39, 0.29) is 0 Å². The van der Waals surface area contributed by atoms with Crippen molar-refractivity contribution in [3.63, 3.8) is 0 Å². The van der Waals surface area contributed by atoms with Gasteiger partial charge in [0.05, 0.1) is 16.9 Å². The lowest BCUT2D eigenvalue weighted by molar-refractivity contribution is 0.215. The molecule has 64 valence electrons. The molecule has 0 atom stereocenters. The number of nitrogens with two attached hydrogens (primary N) is 1. The van der Waals surface area contributed by atoms with Crippen LogP contribution in [0.5, 0.6) is 0 Å². The predicted molar refractivity (Wildman–Crippen MR) is 50.5 cm³/mol. The second kappa shape index (κ2) is 3.97. The summed E-state index contributed by atoms with van der Waals surface area (Å²) in [6.45, 7) is 0. The Morgan fingerprint density at radius 2 is 2.33 bits per heavy atom. The van der Waals surface area contributed by atoms with E-state index >= 15 is 0 Å². The van der Waals surface area contributed by atoms with Crippen LogP contribution < -0.4 is 5.73 Å². The van der Waals surface area contributed by atoms with Gasteiger partial charge in [-0.15, -0.1) is 0 Å². The van der Waals surface area contributed by atoms with Crippen LogP contribution in [0.2, 0.25) is 5.02 Å². The maximum Gasteiger partial charge on any atom is 0.106 e. The minimum absolute atomic E-state index is 0.514. The van der Waals surface area contributed by atoms with Gasteiger partial charge in [-0.2, -0.15) is 0 Å². The first kappa shape index (κ1) is 8.87. The van der Waals surface area contributed by atoms with Crippen molar-refractivity contribution in [1.82, 2.24) is 0 Å². The van der Waals surface area contributed by atoms with E-state index in [1.165, 1.54) is 13.3 Å². The van der Waals surface area contributed by atoms with E-state index in [0.717, 1.165) is 5.56 Å². The van der Waals surface area contributed by atoms with Crippen LogP contribution in [0.15, 0.2) is 23.4 Å². The molecule has 0 amide bonds. The molecule has 0 unspecified atom stereocenters. The third-order valence-electron chi connectivity index (χ3n) is 1.38. The first-order valence-corrected chi connectivity index (χ1v) is 3.74. The van der Waals surface area contributed by atoms with Gasteiger partial charge in [0.1, 0.15) is 7.11 Å². The van der Waals surface area contributed by atoms with Crippen LogP contribution in [0.4, 0.5) is 5.69 Å². The highest BCUT2D eigenvalue weighted by Crippen LogP contribution is 2.20. The Hall–Kier alpha value is -1.22. The molecule has 1 aromatic rings. The molecule has 4 heteroatoms. The number of nitrogen functional groups attached to an aromatic ring is 1. The van der Waals surface area contributed by atoms with Gasteiger partial charge in [-0.25, -0.2) is 0 Å². The van der Waals surface area contributed by atoms with Gasteiger partial charge in [0.15, 0.2) is 0 Å². The number of hydrogen-bond acceptors (Lipinski definition) is 3. The number of benzene rings is 1.